The van der Waals surface area contributed by atoms with Crippen molar-refractivity contribution in [1.29, 1.82) is 0 Å². The number of anilines is 2. The second kappa shape index (κ2) is 10.3. The Bertz CT molecular complexity index is 799. The number of amides is 2. The topological polar surface area (TPSA) is 108 Å². The van der Waals surface area contributed by atoms with Gasteiger partial charge in [0, 0.05) is 23.2 Å². The maximum Gasteiger partial charge on any atom is 0.303 e. The summed E-state index contributed by atoms with van der Waals surface area (Å²) in [6, 6.07) is 12.4. The predicted molar refractivity (Wildman–Crippen MR) is 105 cm³/mol. The molecule has 1 unspecified atom stereocenters. The largest absolute Gasteiger partial charge is 0.481 e. The zero-order valence-electron chi connectivity index (χ0n) is 14.8. The van der Waals surface area contributed by atoms with Crippen molar-refractivity contribution in [2.45, 2.75) is 36.3 Å². The summed E-state index contributed by atoms with van der Waals surface area (Å²) in [7, 11) is 0. The molecule has 1 atom stereocenters. The Hall–Kier alpha value is -2.87. The minimum Gasteiger partial charge on any atom is -0.481 e. The van der Waals surface area contributed by atoms with Gasteiger partial charge in [0.1, 0.15) is 5.82 Å². The average Bonchev–Trinajstić information content (AvgIpc) is 2.65. The van der Waals surface area contributed by atoms with Crippen molar-refractivity contribution >= 4 is 41.1 Å². The number of hydrogen-bond donors (Lipinski definition) is 3. The Kier molecular flexibility index (Phi) is 7.81. The van der Waals surface area contributed by atoms with E-state index in [1.165, 1.54) is 11.8 Å². The van der Waals surface area contributed by atoms with Gasteiger partial charge >= 0.3 is 5.97 Å². The molecule has 0 aliphatic carbocycles. The maximum atomic E-state index is 12.5. The smallest absolute Gasteiger partial charge is 0.303 e. The highest BCUT2D eigenvalue weighted by molar-refractivity contribution is 8.00. The molecule has 0 spiro atoms. The van der Waals surface area contributed by atoms with Gasteiger partial charge in [-0.25, -0.2) is 4.98 Å². The number of thioether (sulfide) groups is 1. The number of rotatable bonds is 9. The molecule has 8 heteroatoms. The Morgan fingerprint density at radius 1 is 1.11 bits per heavy atom. The SMILES string of the molecule is CCC(Sc1cccc(NC(=O)CCC(=O)O)c1)C(=O)Nc1ccccn1. The lowest BCUT2D eigenvalue weighted by atomic mass is 10.2. The Morgan fingerprint density at radius 3 is 2.59 bits per heavy atom. The van der Waals surface area contributed by atoms with Crippen molar-refractivity contribution < 1.29 is 19.5 Å². The summed E-state index contributed by atoms with van der Waals surface area (Å²) in [4.78, 5) is 39.7. The van der Waals surface area contributed by atoms with Crippen LogP contribution in [0.3, 0.4) is 0 Å². The molecule has 142 valence electrons. The number of carbonyl (C=O) groups excluding carboxylic acids is 2. The molecule has 27 heavy (non-hydrogen) atoms. The molecule has 1 aromatic carbocycles. The Morgan fingerprint density at radius 2 is 1.93 bits per heavy atom. The van der Waals surface area contributed by atoms with E-state index < -0.39 is 5.97 Å². The molecule has 0 radical (unpaired) electrons. The van der Waals surface area contributed by atoms with Crippen molar-refractivity contribution in [3.05, 3.63) is 48.7 Å². The number of aliphatic carboxylic acids is 1. The number of benzene rings is 1. The maximum absolute atomic E-state index is 12.5. The molecule has 1 aromatic heterocycles. The second-order valence-corrected chi connectivity index (χ2v) is 6.96. The molecule has 1 heterocycles. The van der Waals surface area contributed by atoms with Gasteiger partial charge in [0.2, 0.25) is 11.8 Å². The fourth-order valence-corrected chi connectivity index (χ4v) is 3.23. The average molecular weight is 387 g/mol. The third-order valence-corrected chi connectivity index (χ3v) is 4.90. The van der Waals surface area contributed by atoms with E-state index in [1.54, 1.807) is 42.6 Å². The minimum absolute atomic E-state index is 0.0865. The molecule has 0 aliphatic rings. The lowest BCUT2D eigenvalue weighted by Gasteiger charge is -2.15. The minimum atomic E-state index is -1.01. The van der Waals surface area contributed by atoms with Gasteiger partial charge in [-0.2, -0.15) is 0 Å². The summed E-state index contributed by atoms with van der Waals surface area (Å²) in [6.07, 6.45) is 1.93. The Labute approximate surface area is 161 Å². The summed E-state index contributed by atoms with van der Waals surface area (Å²) in [5.41, 5.74) is 0.565. The molecule has 2 aromatic rings. The van der Waals surface area contributed by atoms with E-state index in [4.69, 9.17) is 5.11 Å². The lowest BCUT2D eigenvalue weighted by Crippen LogP contribution is -2.25. The molecule has 0 fully saturated rings. The zero-order chi connectivity index (χ0) is 19.6. The molecule has 3 N–H and O–H groups in total. The van der Waals surface area contributed by atoms with E-state index in [0.717, 1.165) is 4.90 Å². The van der Waals surface area contributed by atoms with Gasteiger partial charge in [-0.15, -0.1) is 11.8 Å². The van der Waals surface area contributed by atoms with Gasteiger partial charge in [0.05, 0.1) is 11.7 Å². The summed E-state index contributed by atoms with van der Waals surface area (Å²) < 4.78 is 0. The van der Waals surface area contributed by atoms with Crippen LogP contribution in [-0.2, 0) is 14.4 Å². The molecule has 0 bridgehead atoms. The number of aromatic nitrogens is 1. The number of carboxylic acid groups (broad SMARTS) is 1. The van der Waals surface area contributed by atoms with Crippen LogP contribution in [0.4, 0.5) is 11.5 Å². The van der Waals surface area contributed by atoms with E-state index in [1.807, 2.05) is 13.0 Å². The van der Waals surface area contributed by atoms with Crippen molar-refractivity contribution in [3.63, 3.8) is 0 Å². The van der Waals surface area contributed by atoms with Gasteiger partial charge in [-0.1, -0.05) is 19.1 Å². The molecule has 0 saturated carbocycles. The highest BCUT2D eigenvalue weighted by Gasteiger charge is 2.18. The van der Waals surface area contributed by atoms with E-state index in [9.17, 15) is 14.4 Å². The van der Waals surface area contributed by atoms with Crippen molar-refractivity contribution in [1.82, 2.24) is 4.98 Å². The van der Waals surface area contributed by atoms with Gasteiger partial charge in [-0.05, 0) is 36.8 Å². The van der Waals surface area contributed by atoms with E-state index >= 15 is 0 Å². The van der Waals surface area contributed by atoms with Crippen LogP contribution in [0, 0.1) is 0 Å². The van der Waals surface area contributed by atoms with E-state index in [0.29, 0.717) is 17.9 Å². The highest BCUT2D eigenvalue weighted by Crippen LogP contribution is 2.28. The first-order valence-electron chi connectivity index (χ1n) is 8.48. The number of nitrogens with one attached hydrogen (secondary N) is 2. The van der Waals surface area contributed by atoms with Crippen LogP contribution in [0.1, 0.15) is 26.2 Å². The number of carboxylic acids is 1. The number of hydrogen-bond acceptors (Lipinski definition) is 5. The fourth-order valence-electron chi connectivity index (χ4n) is 2.22. The molecule has 2 amide bonds. The van der Waals surface area contributed by atoms with E-state index in [-0.39, 0.29) is 29.9 Å². The first-order chi connectivity index (χ1) is 13.0. The van der Waals surface area contributed by atoms with Crippen LogP contribution in [0.15, 0.2) is 53.6 Å². The first-order valence-corrected chi connectivity index (χ1v) is 9.36. The quantitative estimate of drug-likeness (QED) is 0.569. The van der Waals surface area contributed by atoms with Crippen LogP contribution >= 0.6 is 11.8 Å². The summed E-state index contributed by atoms with van der Waals surface area (Å²) in [5.74, 6) is -1.02. The van der Waals surface area contributed by atoms with Gasteiger partial charge in [-0.3, -0.25) is 14.4 Å². The fraction of sp³-hybridized carbons (Fsp3) is 0.263. The number of pyridine rings is 1. The zero-order valence-corrected chi connectivity index (χ0v) is 15.7. The first kappa shape index (κ1) is 20.4. The van der Waals surface area contributed by atoms with E-state index in [2.05, 4.69) is 15.6 Å². The summed E-state index contributed by atoms with van der Waals surface area (Å²) in [6.45, 7) is 1.92. The molecular weight excluding hydrogens is 366 g/mol. The molecule has 7 nitrogen and oxygen atoms in total. The number of carbonyl (C=O) groups is 3. The van der Waals surface area contributed by atoms with Crippen LogP contribution in [-0.4, -0.2) is 33.1 Å². The third-order valence-electron chi connectivity index (χ3n) is 3.54. The summed E-state index contributed by atoms with van der Waals surface area (Å²) in [5, 5.41) is 13.8. The predicted octanol–water partition coefficient (Wildman–Crippen LogP) is 3.39. The van der Waals surface area contributed by atoms with Crippen LogP contribution in [0.25, 0.3) is 0 Å². The van der Waals surface area contributed by atoms with Crippen LogP contribution in [0.5, 0.6) is 0 Å². The van der Waals surface area contributed by atoms with Crippen LogP contribution < -0.4 is 10.6 Å². The third kappa shape index (κ3) is 7.10. The monoisotopic (exact) mass is 387 g/mol. The van der Waals surface area contributed by atoms with Crippen molar-refractivity contribution in [2.24, 2.45) is 0 Å². The standard InChI is InChI=1S/C19H21N3O4S/c1-2-15(19(26)22-16-8-3-4-11-20-16)27-14-7-5-6-13(12-14)21-17(23)9-10-18(24)25/h3-8,11-12,15H,2,9-10H2,1H3,(H,21,23)(H,24,25)(H,20,22,26). The second-order valence-electron chi connectivity index (χ2n) is 5.69. The van der Waals surface area contributed by atoms with Crippen LogP contribution in [0.2, 0.25) is 0 Å². The van der Waals surface area contributed by atoms with Gasteiger partial charge < -0.3 is 15.7 Å². The molecule has 0 saturated heterocycles. The number of nitrogens with zero attached hydrogens (tertiary/aromatic N) is 1. The van der Waals surface area contributed by atoms with Gasteiger partial charge in [0.25, 0.3) is 0 Å². The highest BCUT2D eigenvalue weighted by atomic mass is 32.2. The normalized spacial score (nSPS) is 11.4. The van der Waals surface area contributed by atoms with Crippen molar-refractivity contribution in [3.8, 4) is 0 Å². The van der Waals surface area contributed by atoms with Crippen molar-refractivity contribution in [2.75, 3.05) is 10.6 Å². The Balaban J connectivity index is 1.97. The molecule has 2 rings (SSSR count). The molecule has 0 aliphatic heterocycles. The molecular formula is C19H21N3O4S. The summed E-state index contributed by atoms with van der Waals surface area (Å²) >= 11 is 1.39. The lowest BCUT2D eigenvalue weighted by molar-refractivity contribution is -0.138. The van der Waals surface area contributed by atoms with Gasteiger partial charge in [0.15, 0.2) is 0 Å².